The van der Waals surface area contributed by atoms with Crippen LogP contribution in [0.1, 0.15) is 26.5 Å². The molecule has 0 radical (unpaired) electrons. The fourth-order valence-electron chi connectivity index (χ4n) is 3.84. The lowest BCUT2D eigenvalue weighted by Crippen LogP contribution is -2.22. The highest BCUT2D eigenvalue weighted by atomic mass is 16.3. The van der Waals surface area contributed by atoms with E-state index in [1.165, 1.54) is 4.90 Å². The molecule has 0 saturated heterocycles. The summed E-state index contributed by atoms with van der Waals surface area (Å²) in [5.74, 6) is 0.273. The zero-order valence-corrected chi connectivity index (χ0v) is 19.3. The van der Waals surface area contributed by atoms with Crippen molar-refractivity contribution in [2.24, 2.45) is 0 Å². The van der Waals surface area contributed by atoms with Crippen molar-refractivity contribution in [3.05, 3.63) is 102 Å². The minimum atomic E-state index is -0.318. The van der Waals surface area contributed by atoms with Gasteiger partial charge in [0.15, 0.2) is 5.65 Å². The molecule has 2 aromatic carbocycles. The molecule has 5 rings (SSSR count). The van der Waals surface area contributed by atoms with Crippen molar-refractivity contribution < 1.29 is 14.0 Å². The van der Waals surface area contributed by atoms with E-state index in [2.05, 4.69) is 10.4 Å². The smallest absolute Gasteiger partial charge is 0.256 e. The molecule has 0 aliphatic carbocycles. The third-order valence-electron chi connectivity index (χ3n) is 5.58. The number of hydrogen-bond acceptors (Lipinski definition) is 5. The minimum Gasteiger partial charge on any atom is -0.467 e. The van der Waals surface area contributed by atoms with Gasteiger partial charge in [-0.15, -0.1) is 0 Å². The quantitative estimate of drug-likeness (QED) is 0.393. The van der Waals surface area contributed by atoms with E-state index in [0.717, 1.165) is 11.3 Å². The van der Waals surface area contributed by atoms with Gasteiger partial charge in [-0.2, -0.15) is 5.10 Å². The van der Waals surface area contributed by atoms with Crippen LogP contribution in [0.2, 0.25) is 0 Å². The van der Waals surface area contributed by atoms with Gasteiger partial charge in [-0.05, 0) is 36.4 Å². The molecule has 0 atom stereocenters. The first-order chi connectivity index (χ1) is 17.0. The first-order valence-corrected chi connectivity index (χ1v) is 11.1. The number of furan rings is 1. The Bertz CT molecular complexity index is 1500. The van der Waals surface area contributed by atoms with E-state index in [1.54, 1.807) is 61.6 Å². The van der Waals surface area contributed by atoms with Crippen molar-refractivity contribution in [2.75, 3.05) is 19.4 Å². The molecule has 3 aromatic heterocycles. The van der Waals surface area contributed by atoms with Gasteiger partial charge in [0.25, 0.3) is 11.8 Å². The summed E-state index contributed by atoms with van der Waals surface area (Å²) >= 11 is 0. The maximum absolute atomic E-state index is 13.5. The van der Waals surface area contributed by atoms with Crippen LogP contribution in [0.3, 0.4) is 0 Å². The number of nitrogens with zero attached hydrogens (tertiary/aromatic N) is 4. The van der Waals surface area contributed by atoms with Crippen LogP contribution in [-0.2, 0) is 6.54 Å². The second-order valence-electron chi connectivity index (χ2n) is 8.27. The van der Waals surface area contributed by atoms with E-state index in [4.69, 9.17) is 9.40 Å². The van der Waals surface area contributed by atoms with Crippen LogP contribution >= 0.6 is 0 Å². The van der Waals surface area contributed by atoms with Crippen molar-refractivity contribution in [1.29, 1.82) is 0 Å². The molecule has 5 aromatic rings. The zero-order valence-electron chi connectivity index (χ0n) is 19.3. The third kappa shape index (κ3) is 4.54. The summed E-state index contributed by atoms with van der Waals surface area (Å²) < 4.78 is 7.19. The average Bonchev–Trinajstić information content (AvgIpc) is 3.54. The zero-order chi connectivity index (χ0) is 24.4. The van der Waals surface area contributed by atoms with Gasteiger partial charge >= 0.3 is 0 Å². The number of carbonyl (C=O) groups excluding carboxylic acids is 2. The number of hydrogen-bond donors (Lipinski definition) is 1. The van der Waals surface area contributed by atoms with Crippen LogP contribution in [0.5, 0.6) is 0 Å². The molecule has 3 heterocycles. The summed E-state index contributed by atoms with van der Waals surface area (Å²) in [4.78, 5) is 32.1. The third-order valence-corrected chi connectivity index (χ3v) is 5.58. The summed E-state index contributed by atoms with van der Waals surface area (Å²) in [5, 5.41) is 8.02. The highest BCUT2D eigenvalue weighted by Crippen LogP contribution is 2.26. The molecule has 0 fully saturated rings. The Morgan fingerprint density at radius 2 is 1.83 bits per heavy atom. The number of fused-ring (bicyclic) bond motifs is 1. The number of pyridine rings is 1. The largest absolute Gasteiger partial charge is 0.467 e. The lowest BCUT2D eigenvalue weighted by atomic mass is 10.1. The highest BCUT2D eigenvalue weighted by molar-refractivity contribution is 6.13. The number of nitrogens with one attached hydrogen (secondary N) is 1. The van der Waals surface area contributed by atoms with Gasteiger partial charge in [0.2, 0.25) is 0 Å². The van der Waals surface area contributed by atoms with E-state index >= 15 is 0 Å². The molecule has 8 nitrogen and oxygen atoms in total. The molecule has 0 unspecified atom stereocenters. The predicted molar refractivity (Wildman–Crippen MR) is 133 cm³/mol. The van der Waals surface area contributed by atoms with Crippen molar-refractivity contribution in [1.82, 2.24) is 19.7 Å². The van der Waals surface area contributed by atoms with Crippen LogP contribution in [0.15, 0.2) is 89.7 Å². The SMILES string of the molecule is CN(C)C(=O)c1cccc(NC(=O)c2cc(-c3ccccc3)nc3c2cnn3Cc2ccco2)c1. The number of aromatic nitrogens is 3. The Labute approximate surface area is 201 Å². The predicted octanol–water partition coefficient (Wildman–Crippen LogP) is 4.69. The number of rotatable bonds is 6. The maximum Gasteiger partial charge on any atom is 0.256 e. The van der Waals surface area contributed by atoms with E-state index < -0.39 is 0 Å². The maximum atomic E-state index is 13.5. The van der Waals surface area contributed by atoms with Gasteiger partial charge in [-0.25, -0.2) is 9.67 Å². The fourth-order valence-corrected chi connectivity index (χ4v) is 3.84. The number of anilines is 1. The molecular weight excluding hydrogens is 442 g/mol. The molecule has 0 aliphatic heterocycles. The standard InChI is InChI=1S/C27H23N5O3/c1-31(2)27(34)19-10-6-11-20(14-19)29-26(33)22-15-24(18-8-4-3-5-9-18)30-25-23(22)16-28-32(25)17-21-12-7-13-35-21/h3-16H,17H2,1-2H3,(H,29,33). The van der Waals surface area contributed by atoms with Crippen LogP contribution in [-0.4, -0.2) is 45.6 Å². The van der Waals surface area contributed by atoms with E-state index in [0.29, 0.717) is 40.1 Å². The summed E-state index contributed by atoms with van der Waals surface area (Å²) in [6.07, 6.45) is 3.25. The molecular formula is C27H23N5O3. The first-order valence-electron chi connectivity index (χ1n) is 11.1. The van der Waals surface area contributed by atoms with E-state index in [9.17, 15) is 9.59 Å². The van der Waals surface area contributed by atoms with Crippen molar-refractivity contribution in [3.8, 4) is 11.3 Å². The Morgan fingerprint density at radius 3 is 2.57 bits per heavy atom. The first kappa shape index (κ1) is 22.1. The highest BCUT2D eigenvalue weighted by Gasteiger charge is 2.19. The van der Waals surface area contributed by atoms with Gasteiger partial charge in [-0.3, -0.25) is 9.59 Å². The molecule has 0 spiro atoms. The van der Waals surface area contributed by atoms with Crippen molar-refractivity contribution in [2.45, 2.75) is 6.54 Å². The molecule has 1 N–H and O–H groups in total. The Hall–Kier alpha value is -4.72. The summed E-state index contributed by atoms with van der Waals surface area (Å²) in [7, 11) is 3.37. The molecule has 2 amide bonds. The van der Waals surface area contributed by atoms with E-state index in [-0.39, 0.29) is 11.8 Å². The van der Waals surface area contributed by atoms with Crippen molar-refractivity contribution in [3.63, 3.8) is 0 Å². The van der Waals surface area contributed by atoms with Gasteiger partial charge in [-0.1, -0.05) is 36.4 Å². The van der Waals surface area contributed by atoms with E-state index in [1.807, 2.05) is 42.5 Å². The van der Waals surface area contributed by atoms with Crippen LogP contribution in [0.25, 0.3) is 22.3 Å². The molecule has 0 bridgehead atoms. The summed E-state index contributed by atoms with van der Waals surface area (Å²) in [5.41, 5.74) is 3.56. The molecule has 0 saturated carbocycles. The van der Waals surface area contributed by atoms with Gasteiger partial charge < -0.3 is 14.6 Å². The molecule has 8 heteroatoms. The van der Waals surface area contributed by atoms with Crippen LogP contribution < -0.4 is 5.32 Å². The monoisotopic (exact) mass is 465 g/mol. The van der Waals surface area contributed by atoms with Gasteiger partial charge in [0, 0.05) is 30.9 Å². The van der Waals surface area contributed by atoms with Gasteiger partial charge in [0.1, 0.15) is 12.3 Å². The lowest BCUT2D eigenvalue weighted by Gasteiger charge is -2.12. The Kier molecular flexibility index (Phi) is 5.85. The molecule has 0 aliphatic rings. The number of amides is 2. The Balaban J connectivity index is 1.56. The average molecular weight is 466 g/mol. The lowest BCUT2D eigenvalue weighted by molar-refractivity contribution is 0.0827. The number of benzene rings is 2. The van der Waals surface area contributed by atoms with Crippen molar-refractivity contribution >= 4 is 28.5 Å². The summed E-state index contributed by atoms with van der Waals surface area (Å²) in [6.45, 7) is 0.386. The second kappa shape index (κ2) is 9.26. The second-order valence-corrected chi connectivity index (χ2v) is 8.27. The minimum absolute atomic E-state index is 0.141. The molecule has 174 valence electrons. The van der Waals surface area contributed by atoms with Crippen LogP contribution in [0.4, 0.5) is 5.69 Å². The summed E-state index contributed by atoms with van der Waals surface area (Å²) in [6, 6.07) is 22.0. The fraction of sp³-hybridized carbons (Fsp3) is 0.111. The van der Waals surface area contributed by atoms with Gasteiger partial charge in [0.05, 0.1) is 29.1 Å². The topological polar surface area (TPSA) is 93.3 Å². The number of carbonyl (C=O) groups is 2. The van der Waals surface area contributed by atoms with Crippen LogP contribution in [0, 0.1) is 0 Å². The molecule has 35 heavy (non-hydrogen) atoms. The Morgan fingerprint density at radius 1 is 1.00 bits per heavy atom. The normalized spacial score (nSPS) is 10.9.